The third-order valence-electron chi connectivity index (χ3n) is 3.74. The highest BCUT2D eigenvalue weighted by atomic mass is 16.2. The number of benzene rings is 2. The Morgan fingerprint density at radius 2 is 1.32 bits per heavy atom. The van der Waals surface area contributed by atoms with Crippen molar-refractivity contribution in [3.05, 3.63) is 79.6 Å². The van der Waals surface area contributed by atoms with Crippen LogP contribution in [0, 0.1) is 20.8 Å². The minimum atomic E-state index is -0.449. The van der Waals surface area contributed by atoms with Crippen molar-refractivity contribution < 1.29 is 0 Å². The van der Waals surface area contributed by atoms with E-state index >= 15 is 0 Å². The molecule has 0 heterocycles. The van der Waals surface area contributed by atoms with Crippen LogP contribution in [0.4, 0.5) is 11.4 Å². The molecular formula is C19H17NO2. The molecule has 0 saturated heterocycles. The van der Waals surface area contributed by atoms with Crippen LogP contribution in [0.2, 0.25) is 0 Å². The SMILES string of the molecule is Cc1ccc(-c2c(Nc3cc(C)cc(C)c3)c(=O)c2=O)cc1. The van der Waals surface area contributed by atoms with E-state index in [9.17, 15) is 9.59 Å². The van der Waals surface area contributed by atoms with Gasteiger partial charge in [-0.25, -0.2) is 0 Å². The zero-order valence-corrected chi connectivity index (χ0v) is 12.9. The molecule has 0 aliphatic rings. The Balaban J connectivity index is 2.02. The summed E-state index contributed by atoms with van der Waals surface area (Å²) in [6.45, 7) is 5.99. The molecule has 1 N–H and O–H groups in total. The largest absolute Gasteiger partial charge is 0.352 e. The van der Waals surface area contributed by atoms with Crippen LogP contribution in [0.3, 0.4) is 0 Å². The average Bonchev–Trinajstić information content (AvgIpc) is 2.47. The van der Waals surface area contributed by atoms with E-state index in [0.29, 0.717) is 11.3 Å². The van der Waals surface area contributed by atoms with Crippen molar-refractivity contribution in [2.75, 3.05) is 5.32 Å². The molecule has 22 heavy (non-hydrogen) atoms. The molecule has 3 heteroatoms. The molecule has 3 rings (SSSR count). The van der Waals surface area contributed by atoms with Gasteiger partial charge in [0.2, 0.25) is 5.43 Å². The van der Waals surface area contributed by atoms with Crippen LogP contribution in [-0.2, 0) is 0 Å². The molecule has 0 amide bonds. The monoisotopic (exact) mass is 291 g/mol. The van der Waals surface area contributed by atoms with Crippen molar-refractivity contribution in [1.29, 1.82) is 0 Å². The summed E-state index contributed by atoms with van der Waals surface area (Å²) in [6, 6.07) is 13.6. The molecule has 0 saturated carbocycles. The van der Waals surface area contributed by atoms with E-state index < -0.39 is 10.9 Å². The van der Waals surface area contributed by atoms with Crippen LogP contribution >= 0.6 is 0 Å². The number of hydrogen-bond acceptors (Lipinski definition) is 3. The standard InChI is InChI=1S/C19H17NO2/c1-11-4-6-14(7-5-11)16-17(19(22)18(16)21)20-15-9-12(2)8-13(3)10-15/h4-10,20H,1-3H3. The summed E-state index contributed by atoms with van der Waals surface area (Å²) in [4.78, 5) is 23.9. The second-order valence-corrected chi connectivity index (χ2v) is 5.78. The van der Waals surface area contributed by atoms with Crippen LogP contribution in [0.15, 0.2) is 52.1 Å². The van der Waals surface area contributed by atoms with E-state index in [-0.39, 0.29) is 0 Å². The quantitative estimate of drug-likeness (QED) is 0.750. The van der Waals surface area contributed by atoms with Gasteiger partial charge in [-0.15, -0.1) is 0 Å². The summed E-state index contributed by atoms with van der Waals surface area (Å²) in [5.74, 6) is 0. The van der Waals surface area contributed by atoms with E-state index in [1.54, 1.807) is 0 Å². The van der Waals surface area contributed by atoms with Crippen molar-refractivity contribution in [1.82, 2.24) is 0 Å². The van der Waals surface area contributed by atoms with Gasteiger partial charge in [0, 0.05) is 5.69 Å². The normalized spacial score (nSPS) is 10.9. The second kappa shape index (κ2) is 5.26. The first-order valence-corrected chi connectivity index (χ1v) is 7.21. The summed E-state index contributed by atoms with van der Waals surface area (Å²) in [7, 11) is 0. The Hall–Kier alpha value is -2.68. The van der Waals surface area contributed by atoms with Crippen LogP contribution in [0.5, 0.6) is 0 Å². The molecular weight excluding hydrogens is 274 g/mol. The molecule has 110 valence electrons. The lowest BCUT2D eigenvalue weighted by Crippen LogP contribution is -2.35. The van der Waals surface area contributed by atoms with Crippen molar-refractivity contribution in [3.8, 4) is 11.1 Å². The van der Waals surface area contributed by atoms with E-state index in [4.69, 9.17) is 0 Å². The van der Waals surface area contributed by atoms with E-state index in [1.807, 2.05) is 57.2 Å². The molecule has 0 radical (unpaired) electrons. The van der Waals surface area contributed by atoms with Crippen LogP contribution in [-0.4, -0.2) is 0 Å². The minimum absolute atomic E-state index is 0.388. The first-order valence-electron chi connectivity index (χ1n) is 7.21. The maximum absolute atomic E-state index is 11.9. The second-order valence-electron chi connectivity index (χ2n) is 5.78. The fraction of sp³-hybridized carbons (Fsp3) is 0.158. The minimum Gasteiger partial charge on any atom is -0.352 e. The van der Waals surface area contributed by atoms with Gasteiger partial charge in [0.05, 0.1) is 5.56 Å². The molecule has 3 aromatic carbocycles. The fourth-order valence-electron chi connectivity index (χ4n) is 2.70. The molecule has 0 aromatic heterocycles. The van der Waals surface area contributed by atoms with E-state index in [1.165, 1.54) is 0 Å². The number of rotatable bonds is 3. The van der Waals surface area contributed by atoms with Crippen molar-refractivity contribution in [2.24, 2.45) is 0 Å². The third kappa shape index (κ3) is 2.46. The number of nitrogens with one attached hydrogen (secondary N) is 1. The highest BCUT2D eigenvalue weighted by molar-refractivity contribution is 5.84. The Kier molecular flexibility index (Phi) is 3.41. The molecule has 0 spiro atoms. The Bertz CT molecular complexity index is 893. The summed E-state index contributed by atoms with van der Waals surface area (Å²) >= 11 is 0. The highest BCUT2D eigenvalue weighted by Gasteiger charge is 2.22. The fourth-order valence-corrected chi connectivity index (χ4v) is 2.70. The lowest BCUT2D eigenvalue weighted by Gasteiger charge is -2.14. The van der Waals surface area contributed by atoms with Gasteiger partial charge < -0.3 is 5.32 Å². The molecule has 3 nitrogen and oxygen atoms in total. The van der Waals surface area contributed by atoms with Crippen molar-refractivity contribution in [2.45, 2.75) is 20.8 Å². The van der Waals surface area contributed by atoms with Crippen molar-refractivity contribution >= 4 is 11.4 Å². The van der Waals surface area contributed by atoms with Gasteiger partial charge in [0.25, 0.3) is 5.43 Å². The summed E-state index contributed by atoms with van der Waals surface area (Å²) in [5, 5.41) is 3.11. The zero-order chi connectivity index (χ0) is 15.9. The predicted molar refractivity (Wildman–Crippen MR) is 90.7 cm³/mol. The number of anilines is 2. The predicted octanol–water partition coefficient (Wildman–Crippen LogP) is 3.62. The first kappa shape index (κ1) is 14.3. The van der Waals surface area contributed by atoms with Crippen LogP contribution < -0.4 is 16.2 Å². The maximum atomic E-state index is 11.9. The molecule has 0 atom stereocenters. The lowest BCUT2D eigenvalue weighted by molar-refractivity contribution is 1.34. The maximum Gasteiger partial charge on any atom is 0.250 e. The van der Waals surface area contributed by atoms with Crippen LogP contribution in [0.25, 0.3) is 11.1 Å². The zero-order valence-electron chi connectivity index (χ0n) is 12.9. The first-order chi connectivity index (χ1) is 10.5. The van der Waals surface area contributed by atoms with Gasteiger partial charge >= 0.3 is 0 Å². The molecule has 0 unspecified atom stereocenters. The molecule has 0 aliphatic heterocycles. The summed E-state index contributed by atoms with van der Waals surface area (Å²) < 4.78 is 0. The van der Waals surface area contributed by atoms with Gasteiger partial charge in [-0.05, 0) is 49.6 Å². The lowest BCUT2D eigenvalue weighted by atomic mass is 9.97. The van der Waals surface area contributed by atoms with Gasteiger partial charge in [-0.2, -0.15) is 0 Å². The Morgan fingerprint density at radius 3 is 1.91 bits per heavy atom. The summed E-state index contributed by atoms with van der Waals surface area (Å²) in [5.41, 5.74) is 4.94. The van der Waals surface area contributed by atoms with E-state index in [2.05, 4.69) is 11.4 Å². The van der Waals surface area contributed by atoms with Gasteiger partial charge in [0.1, 0.15) is 5.69 Å². The van der Waals surface area contributed by atoms with Gasteiger partial charge in [-0.3, -0.25) is 9.59 Å². The third-order valence-corrected chi connectivity index (χ3v) is 3.74. The molecule has 0 fully saturated rings. The smallest absolute Gasteiger partial charge is 0.250 e. The van der Waals surface area contributed by atoms with E-state index in [0.717, 1.165) is 27.9 Å². The average molecular weight is 291 g/mol. The Labute approximate surface area is 128 Å². The van der Waals surface area contributed by atoms with Crippen molar-refractivity contribution in [3.63, 3.8) is 0 Å². The van der Waals surface area contributed by atoms with Gasteiger partial charge in [-0.1, -0.05) is 35.9 Å². The Morgan fingerprint density at radius 1 is 0.727 bits per heavy atom. The molecule has 3 aromatic rings. The topological polar surface area (TPSA) is 46.2 Å². The molecule has 0 bridgehead atoms. The van der Waals surface area contributed by atoms with Crippen LogP contribution in [0.1, 0.15) is 16.7 Å². The number of aryl methyl sites for hydroxylation is 3. The molecule has 0 aliphatic carbocycles. The summed E-state index contributed by atoms with van der Waals surface area (Å²) in [6.07, 6.45) is 0. The number of hydrogen-bond donors (Lipinski definition) is 1. The highest BCUT2D eigenvalue weighted by Crippen LogP contribution is 2.27. The van der Waals surface area contributed by atoms with Gasteiger partial charge in [0.15, 0.2) is 0 Å².